The molecular formula is C8H17NO. The van der Waals surface area contributed by atoms with Crippen LogP contribution < -0.4 is 0 Å². The van der Waals surface area contributed by atoms with Gasteiger partial charge >= 0.3 is 0 Å². The summed E-state index contributed by atoms with van der Waals surface area (Å²) in [6, 6.07) is 0. The molecule has 10 heavy (non-hydrogen) atoms. The highest BCUT2D eigenvalue weighted by atomic mass is 16.5. The lowest BCUT2D eigenvalue weighted by Crippen LogP contribution is -2.29. The van der Waals surface area contributed by atoms with Crippen LogP contribution in [0.5, 0.6) is 0 Å². The van der Waals surface area contributed by atoms with Gasteiger partial charge in [-0.3, -0.25) is 0 Å². The Bertz CT molecular complexity index is 122. The van der Waals surface area contributed by atoms with Gasteiger partial charge in [0.25, 0.3) is 0 Å². The van der Waals surface area contributed by atoms with Crippen molar-refractivity contribution in [2.45, 2.75) is 46.1 Å². The van der Waals surface area contributed by atoms with E-state index in [0.717, 1.165) is 17.6 Å². The van der Waals surface area contributed by atoms with Gasteiger partial charge in [-0.05, 0) is 6.42 Å². The number of rotatable bonds is 2. The Hall–Kier alpha value is -0.530. The molecule has 0 atom stereocenters. The van der Waals surface area contributed by atoms with Gasteiger partial charge < -0.3 is 5.21 Å². The van der Waals surface area contributed by atoms with Crippen molar-refractivity contribution in [2.24, 2.45) is 0 Å². The second-order valence-electron chi connectivity index (χ2n) is 3.47. The second kappa shape index (κ2) is 3.59. The minimum Gasteiger partial charge on any atom is -0.624 e. The first-order chi connectivity index (χ1) is 4.48. The minimum absolute atomic E-state index is 0.269. The molecule has 0 unspecified atom stereocenters. The fourth-order valence-electron chi connectivity index (χ4n) is 0.520. The van der Waals surface area contributed by atoms with Crippen molar-refractivity contribution >= 4 is 6.21 Å². The Morgan fingerprint density at radius 2 is 1.90 bits per heavy atom. The van der Waals surface area contributed by atoms with E-state index in [0.29, 0.717) is 0 Å². The maximum absolute atomic E-state index is 11.1. The molecular weight excluding hydrogens is 126 g/mol. The Balaban J connectivity index is 3.93. The standard InChI is InChI=1S/C8H17NO/c1-5-6-7-9(10)8(2,3)4/h7H,5-6H2,1-4H3/b9-7+. The fraction of sp³-hybridized carbons (Fsp3) is 0.875. The summed E-state index contributed by atoms with van der Waals surface area (Å²) in [6.45, 7) is 7.79. The number of hydrogen-bond donors (Lipinski definition) is 0. The van der Waals surface area contributed by atoms with Crippen LogP contribution in [0.1, 0.15) is 40.5 Å². The van der Waals surface area contributed by atoms with Gasteiger partial charge in [0.05, 0.1) is 0 Å². The van der Waals surface area contributed by atoms with E-state index in [4.69, 9.17) is 0 Å². The van der Waals surface area contributed by atoms with Crippen LogP contribution in [0.15, 0.2) is 0 Å². The highest BCUT2D eigenvalue weighted by Gasteiger charge is 2.16. The molecule has 0 aliphatic carbocycles. The predicted molar refractivity (Wildman–Crippen MR) is 44.4 cm³/mol. The van der Waals surface area contributed by atoms with Gasteiger partial charge in [0.1, 0.15) is 0 Å². The quantitative estimate of drug-likeness (QED) is 0.252. The summed E-state index contributed by atoms with van der Waals surface area (Å²) < 4.78 is 1.02. The lowest BCUT2D eigenvalue weighted by Gasteiger charge is -2.18. The number of hydroxylamine groups is 1. The van der Waals surface area contributed by atoms with Gasteiger partial charge in [-0.1, -0.05) is 6.92 Å². The molecule has 0 aromatic rings. The highest BCUT2D eigenvalue weighted by Crippen LogP contribution is 2.04. The highest BCUT2D eigenvalue weighted by molar-refractivity contribution is 5.51. The normalized spacial score (nSPS) is 13.8. The summed E-state index contributed by atoms with van der Waals surface area (Å²) in [7, 11) is 0. The van der Waals surface area contributed by atoms with Crippen molar-refractivity contribution in [3.63, 3.8) is 0 Å². The third kappa shape index (κ3) is 3.49. The summed E-state index contributed by atoms with van der Waals surface area (Å²) in [4.78, 5) is 0. The van der Waals surface area contributed by atoms with Gasteiger partial charge in [0.2, 0.25) is 0 Å². The van der Waals surface area contributed by atoms with E-state index in [9.17, 15) is 5.21 Å². The monoisotopic (exact) mass is 143 g/mol. The molecule has 2 nitrogen and oxygen atoms in total. The fourth-order valence-corrected chi connectivity index (χ4v) is 0.520. The van der Waals surface area contributed by atoms with E-state index >= 15 is 0 Å². The molecule has 0 radical (unpaired) electrons. The molecule has 0 N–H and O–H groups in total. The van der Waals surface area contributed by atoms with Crippen LogP contribution in [-0.2, 0) is 0 Å². The molecule has 0 aromatic heterocycles. The Labute approximate surface area is 63.1 Å². The zero-order chi connectivity index (χ0) is 8.20. The number of unbranched alkanes of at least 4 members (excludes halogenated alkanes) is 1. The molecule has 0 aliphatic rings. The van der Waals surface area contributed by atoms with Crippen LogP contribution in [0.4, 0.5) is 0 Å². The molecule has 0 aliphatic heterocycles. The second-order valence-corrected chi connectivity index (χ2v) is 3.47. The van der Waals surface area contributed by atoms with E-state index in [1.54, 1.807) is 6.21 Å². The summed E-state index contributed by atoms with van der Waals surface area (Å²) in [6.07, 6.45) is 3.62. The first-order valence-electron chi connectivity index (χ1n) is 3.78. The molecule has 0 rings (SSSR count). The van der Waals surface area contributed by atoms with Crippen LogP contribution in [-0.4, -0.2) is 16.5 Å². The Kier molecular flexibility index (Phi) is 3.40. The van der Waals surface area contributed by atoms with Crippen LogP contribution >= 0.6 is 0 Å². The van der Waals surface area contributed by atoms with E-state index < -0.39 is 0 Å². The minimum atomic E-state index is -0.269. The van der Waals surface area contributed by atoms with Crippen molar-refractivity contribution in [1.29, 1.82) is 0 Å². The molecule has 0 fully saturated rings. The topological polar surface area (TPSA) is 26.1 Å². The Morgan fingerprint density at radius 1 is 1.40 bits per heavy atom. The van der Waals surface area contributed by atoms with Crippen molar-refractivity contribution in [3.05, 3.63) is 5.21 Å². The molecule has 0 heterocycles. The van der Waals surface area contributed by atoms with Gasteiger partial charge in [-0.15, -0.1) is 0 Å². The maximum atomic E-state index is 11.1. The van der Waals surface area contributed by atoms with Crippen molar-refractivity contribution in [2.75, 3.05) is 0 Å². The molecule has 0 spiro atoms. The average Bonchev–Trinajstić information content (AvgIpc) is 1.80. The number of hydrogen-bond acceptors (Lipinski definition) is 1. The first kappa shape index (κ1) is 9.47. The SMILES string of the molecule is CCC/C=[N+](/[O-])C(C)(C)C. The third-order valence-corrected chi connectivity index (χ3v) is 1.24. The summed E-state index contributed by atoms with van der Waals surface area (Å²) in [5.41, 5.74) is -0.269. The van der Waals surface area contributed by atoms with Gasteiger partial charge in [0.15, 0.2) is 11.8 Å². The van der Waals surface area contributed by atoms with Crippen molar-refractivity contribution in [3.8, 4) is 0 Å². The van der Waals surface area contributed by atoms with Crippen LogP contribution in [0.3, 0.4) is 0 Å². The van der Waals surface area contributed by atoms with Gasteiger partial charge in [-0.25, -0.2) is 4.74 Å². The molecule has 0 saturated heterocycles. The zero-order valence-corrected chi connectivity index (χ0v) is 7.35. The molecule has 0 saturated carbocycles. The van der Waals surface area contributed by atoms with E-state index in [-0.39, 0.29) is 5.54 Å². The molecule has 0 aromatic carbocycles. The summed E-state index contributed by atoms with van der Waals surface area (Å²) in [5, 5.41) is 11.1. The largest absolute Gasteiger partial charge is 0.624 e. The van der Waals surface area contributed by atoms with Gasteiger partial charge in [-0.2, -0.15) is 0 Å². The van der Waals surface area contributed by atoms with Crippen LogP contribution in [0, 0.1) is 5.21 Å². The number of nitrogens with zero attached hydrogens (tertiary/aromatic N) is 1. The van der Waals surface area contributed by atoms with Crippen LogP contribution in [0.2, 0.25) is 0 Å². The van der Waals surface area contributed by atoms with Gasteiger partial charge in [0, 0.05) is 27.2 Å². The van der Waals surface area contributed by atoms with Crippen LogP contribution in [0.25, 0.3) is 0 Å². The average molecular weight is 143 g/mol. The van der Waals surface area contributed by atoms with E-state index in [1.165, 1.54) is 0 Å². The van der Waals surface area contributed by atoms with E-state index in [2.05, 4.69) is 6.92 Å². The Morgan fingerprint density at radius 3 is 2.20 bits per heavy atom. The first-order valence-corrected chi connectivity index (χ1v) is 3.78. The molecule has 0 bridgehead atoms. The zero-order valence-electron chi connectivity index (χ0n) is 7.35. The smallest absolute Gasteiger partial charge is 0.164 e. The molecule has 0 amide bonds. The lowest BCUT2D eigenvalue weighted by atomic mass is 10.1. The predicted octanol–water partition coefficient (Wildman–Crippen LogP) is 2.17. The van der Waals surface area contributed by atoms with E-state index in [1.807, 2.05) is 20.8 Å². The van der Waals surface area contributed by atoms with Crippen molar-refractivity contribution in [1.82, 2.24) is 0 Å². The van der Waals surface area contributed by atoms with Crippen molar-refractivity contribution < 1.29 is 4.74 Å². The molecule has 2 heteroatoms. The lowest BCUT2D eigenvalue weighted by molar-refractivity contribution is -0.532. The summed E-state index contributed by atoms with van der Waals surface area (Å²) >= 11 is 0. The summed E-state index contributed by atoms with van der Waals surface area (Å²) in [5.74, 6) is 0. The molecule has 60 valence electrons. The third-order valence-electron chi connectivity index (χ3n) is 1.24. The maximum Gasteiger partial charge on any atom is 0.164 e.